The summed E-state index contributed by atoms with van der Waals surface area (Å²) in [4.78, 5) is 0. The molecule has 0 bridgehead atoms. The Bertz CT molecular complexity index is 405. The zero-order valence-electron chi connectivity index (χ0n) is 10.9. The van der Waals surface area contributed by atoms with Gasteiger partial charge in [-0.1, -0.05) is 23.3 Å². The number of hydrogen-bond donors (Lipinski definition) is 1. The van der Waals surface area contributed by atoms with Gasteiger partial charge in [-0.3, -0.25) is 0 Å². The second-order valence-corrected chi connectivity index (χ2v) is 4.77. The van der Waals surface area contributed by atoms with Gasteiger partial charge in [0.2, 0.25) is 0 Å². The SMILES string of the molecule is COc1ccc(CC2NCCC(C)=C2C)cc1. The summed E-state index contributed by atoms with van der Waals surface area (Å²) in [6.07, 6.45) is 2.25. The monoisotopic (exact) mass is 231 g/mol. The van der Waals surface area contributed by atoms with E-state index in [0.29, 0.717) is 6.04 Å². The molecule has 2 rings (SSSR count). The molecule has 1 unspecified atom stereocenters. The van der Waals surface area contributed by atoms with E-state index in [4.69, 9.17) is 4.74 Å². The topological polar surface area (TPSA) is 21.3 Å². The lowest BCUT2D eigenvalue weighted by Crippen LogP contribution is -2.37. The van der Waals surface area contributed by atoms with E-state index >= 15 is 0 Å². The molecular formula is C15H21NO. The Balaban J connectivity index is 2.07. The van der Waals surface area contributed by atoms with Crippen molar-refractivity contribution in [2.45, 2.75) is 32.7 Å². The van der Waals surface area contributed by atoms with Gasteiger partial charge in [0.05, 0.1) is 7.11 Å². The highest BCUT2D eigenvalue weighted by Crippen LogP contribution is 2.20. The molecule has 2 nitrogen and oxygen atoms in total. The summed E-state index contributed by atoms with van der Waals surface area (Å²) >= 11 is 0. The minimum Gasteiger partial charge on any atom is -0.497 e. The molecule has 0 fully saturated rings. The molecule has 0 saturated carbocycles. The van der Waals surface area contributed by atoms with E-state index in [0.717, 1.165) is 18.7 Å². The Morgan fingerprint density at radius 2 is 1.94 bits per heavy atom. The van der Waals surface area contributed by atoms with Gasteiger partial charge >= 0.3 is 0 Å². The van der Waals surface area contributed by atoms with Gasteiger partial charge in [0.15, 0.2) is 0 Å². The maximum Gasteiger partial charge on any atom is 0.118 e. The van der Waals surface area contributed by atoms with Crippen LogP contribution >= 0.6 is 0 Å². The van der Waals surface area contributed by atoms with Gasteiger partial charge in [-0.2, -0.15) is 0 Å². The molecule has 1 aliphatic heterocycles. The highest BCUT2D eigenvalue weighted by atomic mass is 16.5. The Morgan fingerprint density at radius 3 is 2.59 bits per heavy atom. The van der Waals surface area contributed by atoms with Crippen LogP contribution in [0.4, 0.5) is 0 Å². The van der Waals surface area contributed by atoms with Crippen molar-refractivity contribution in [1.82, 2.24) is 5.32 Å². The van der Waals surface area contributed by atoms with Crippen LogP contribution in [0.2, 0.25) is 0 Å². The van der Waals surface area contributed by atoms with Gasteiger partial charge in [-0.15, -0.1) is 0 Å². The fourth-order valence-electron chi connectivity index (χ4n) is 2.30. The Morgan fingerprint density at radius 1 is 1.24 bits per heavy atom. The standard InChI is InChI=1S/C15H21NO/c1-11-8-9-16-15(12(11)2)10-13-4-6-14(17-3)7-5-13/h4-7,15-16H,8-10H2,1-3H3. The number of benzene rings is 1. The van der Waals surface area contributed by atoms with Crippen LogP contribution in [0, 0.1) is 0 Å². The predicted molar refractivity (Wildman–Crippen MR) is 71.5 cm³/mol. The molecule has 1 N–H and O–H groups in total. The summed E-state index contributed by atoms with van der Waals surface area (Å²) in [5.41, 5.74) is 4.41. The maximum atomic E-state index is 5.17. The van der Waals surface area contributed by atoms with Crippen molar-refractivity contribution >= 4 is 0 Å². The first-order chi connectivity index (χ1) is 8.20. The maximum absolute atomic E-state index is 5.17. The third kappa shape index (κ3) is 2.89. The molecule has 1 aromatic rings. The normalized spacial score (nSPS) is 20.5. The first-order valence-corrected chi connectivity index (χ1v) is 6.23. The molecular weight excluding hydrogens is 210 g/mol. The molecule has 1 aromatic carbocycles. The molecule has 17 heavy (non-hydrogen) atoms. The quantitative estimate of drug-likeness (QED) is 0.808. The first kappa shape index (κ1) is 12.2. The summed E-state index contributed by atoms with van der Waals surface area (Å²) in [5, 5.41) is 3.59. The van der Waals surface area contributed by atoms with Gasteiger partial charge in [-0.25, -0.2) is 0 Å². The van der Waals surface area contributed by atoms with E-state index in [2.05, 4.69) is 31.3 Å². The van der Waals surface area contributed by atoms with Crippen LogP contribution in [-0.2, 0) is 6.42 Å². The lowest BCUT2D eigenvalue weighted by Gasteiger charge is -2.27. The van der Waals surface area contributed by atoms with Crippen molar-refractivity contribution in [3.05, 3.63) is 41.0 Å². The molecule has 1 heterocycles. The average Bonchev–Trinajstić information content (AvgIpc) is 2.36. The van der Waals surface area contributed by atoms with Crippen molar-refractivity contribution in [3.63, 3.8) is 0 Å². The number of hydrogen-bond acceptors (Lipinski definition) is 2. The highest BCUT2D eigenvalue weighted by Gasteiger charge is 2.17. The molecule has 92 valence electrons. The van der Waals surface area contributed by atoms with Crippen LogP contribution in [0.1, 0.15) is 25.8 Å². The van der Waals surface area contributed by atoms with Crippen LogP contribution < -0.4 is 10.1 Å². The van der Waals surface area contributed by atoms with Gasteiger partial charge in [0, 0.05) is 6.04 Å². The van der Waals surface area contributed by atoms with Crippen molar-refractivity contribution in [3.8, 4) is 5.75 Å². The molecule has 1 atom stereocenters. The lowest BCUT2D eigenvalue weighted by atomic mass is 9.92. The average molecular weight is 231 g/mol. The summed E-state index contributed by atoms with van der Waals surface area (Å²) in [7, 11) is 1.70. The minimum absolute atomic E-state index is 0.497. The number of methoxy groups -OCH3 is 1. The summed E-state index contributed by atoms with van der Waals surface area (Å²) in [5.74, 6) is 0.925. The Labute approximate surface area is 104 Å². The Kier molecular flexibility index (Phi) is 3.85. The summed E-state index contributed by atoms with van der Waals surface area (Å²) in [6, 6.07) is 8.86. The van der Waals surface area contributed by atoms with Crippen molar-refractivity contribution in [2.75, 3.05) is 13.7 Å². The van der Waals surface area contributed by atoms with Crippen molar-refractivity contribution in [1.29, 1.82) is 0 Å². The zero-order valence-corrected chi connectivity index (χ0v) is 10.9. The second-order valence-electron chi connectivity index (χ2n) is 4.77. The van der Waals surface area contributed by atoms with Gasteiger partial charge in [0.1, 0.15) is 5.75 Å². The lowest BCUT2D eigenvalue weighted by molar-refractivity contribution is 0.414. The first-order valence-electron chi connectivity index (χ1n) is 6.23. The molecule has 0 aliphatic carbocycles. The van der Waals surface area contributed by atoms with E-state index in [-0.39, 0.29) is 0 Å². The van der Waals surface area contributed by atoms with Crippen LogP contribution in [0.15, 0.2) is 35.4 Å². The number of nitrogens with one attached hydrogen (secondary N) is 1. The second kappa shape index (κ2) is 5.37. The van der Waals surface area contributed by atoms with Gasteiger partial charge in [-0.05, 0) is 50.9 Å². The minimum atomic E-state index is 0.497. The third-order valence-electron chi connectivity index (χ3n) is 3.69. The predicted octanol–water partition coefficient (Wildman–Crippen LogP) is 2.94. The molecule has 0 spiro atoms. The van der Waals surface area contributed by atoms with Crippen LogP contribution in [0.5, 0.6) is 5.75 Å². The molecule has 0 saturated heterocycles. The van der Waals surface area contributed by atoms with Crippen molar-refractivity contribution in [2.24, 2.45) is 0 Å². The molecule has 0 amide bonds. The van der Waals surface area contributed by atoms with E-state index in [1.807, 2.05) is 12.1 Å². The van der Waals surface area contributed by atoms with E-state index in [9.17, 15) is 0 Å². The molecule has 0 radical (unpaired) electrons. The number of rotatable bonds is 3. The molecule has 2 heteroatoms. The number of ether oxygens (including phenoxy) is 1. The summed E-state index contributed by atoms with van der Waals surface area (Å²) in [6.45, 7) is 5.59. The smallest absolute Gasteiger partial charge is 0.118 e. The zero-order chi connectivity index (χ0) is 12.3. The largest absolute Gasteiger partial charge is 0.497 e. The van der Waals surface area contributed by atoms with Gasteiger partial charge in [0.25, 0.3) is 0 Å². The fourth-order valence-corrected chi connectivity index (χ4v) is 2.30. The summed E-state index contributed by atoms with van der Waals surface area (Å²) < 4.78 is 5.17. The molecule has 0 aromatic heterocycles. The van der Waals surface area contributed by atoms with Crippen LogP contribution in [-0.4, -0.2) is 19.7 Å². The van der Waals surface area contributed by atoms with E-state index < -0.39 is 0 Å². The van der Waals surface area contributed by atoms with E-state index in [1.165, 1.54) is 17.6 Å². The van der Waals surface area contributed by atoms with Crippen LogP contribution in [0.25, 0.3) is 0 Å². The molecule has 1 aliphatic rings. The Hall–Kier alpha value is -1.28. The third-order valence-corrected chi connectivity index (χ3v) is 3.69. The van der Waals surface area contributed by atoms with Crippen molar-refractivity contribution < 1.29 is 4.74 Å². The van der Waals surface area contributed by atoms with E-state index in [1.54, 1.807) is 12.7 Å². The highest BCUT2D eigenvalue weighted by molar-refractivity contribution is 5.30. The van der Waals surface area contributed by atoms with Crippen LogP contribution in [0.3, 0.4) is 0 Å². The fraction of sp³-hybridized carbons (Fsp3) is 0.467. The van der Waals surface area contributed by atoms with Gasteiger partial charge < -0.3 is 10.1 Å².